The number of nitrogens with zero attached hydrogens (tertiary/aromatic N) is 2. The molecule has 0 spiro atoms. The van der Waals surface area contributed by atoms with E-state index in [1.54, 1.807) is 0 Å². The highest BCUT2D eigenvalue weighted by Crippen LogP contribution is 2.61. The zero-order valence-electron chi connectivity index (χ0n) is 23.2. The maximum absolute atomic E-state index is 6.33. The molecular weight excluding hydrogens is 524 g/mol. The molecule has 0 amide bonds. The summed E-state index contributed by atoms with van der Waals surface area (Å²) in [4.78, 5) is 11.1. The van der Waals surface area contributed by atoms with Crippen molar-refractivity contribution in [2.45, 2.75) is 11.3 Å². The van der Waals surface area contributed by atoms with Crippen LogP contribution in [0.2, 0.25) is 0 Å². The van der Waals surface area contributed by atoms with E-state index in [4.69, 9.17) is 14.4 Å². The van der Waals surface area contributed by atoms with Crippen LogP contribution in [0, 0.1) is 0 Å². The van der Waals surface area contributed by atoms with Crippen LogP contribution in [0.15, 0.2) is 144 Å². The van der Waals surface area contributed by atoms with Crippen LogP contribution in [0.3, 0.4) is 0 Å². The molecule has 0 N–H and O–H groups in total. The van der Waals surface area contributed by atoms with Gasteiger partial charge >= 0.3 is 0 Å². The van der Waals surface area contributed by atoms with E-state index < -0.39 is 5.41 Å². The first kappa shape index (κ1) is 23.1. The summed E-state index contributed by atoms with van der Waals surface area (Å²) in [5.41, 5.74) is 11.8. The topological polar surface area (TPSA) is 38.9 Å². The Labute approximate surface area is 248 Å². The highest BCUT2D eigenvalue weighted by molar-refractivity contribution is 6.11. The van der Waals surface area contributed by atoms with E-state index in [2.05, 4.69) is 127 Å². The quantitative estimate of drug-likeness (QED) is 0.216. The van der Waals surface area contributed by atoms with Crippen LogP contribution in [-0.2, 0) is 5.41 Å². The minimum atomic E-state index is -0.649. The molecule has 2 heterocycles. The van der Waals surface area contributed by atoms with Gasteiger partial charge in [0, 0.05) is 27.6 Å². The van der Waals surface area contributed by atoms with Gasteiger partial charge < -0.3 is 4.42 Å². The van der Waals surface area contributed by atoms with Crippen molar-refractivity contribution in [3.8, 4) is 11.3 Å². The van der Waals surface area contributed by atoms with Gasteiger partial charge in [-0.3, -0.25) is 0 Å². The van der Waals surface area contributed by atoms with Crippen molar-refractivity contribution in [1.82, 2.24) is 9.97 Å². The first-order chi connectivity index (χ1) is 21.3. The van der Waals surface area contributed by atoms with Gasteiger partial charge in [0.2, 0.25) is 0 Å². The van der Waals surface area contributed by atoms with Gasteiger partial charge in [-0.25, -0.2) is 9.97 Å². The van der Waals surface area contributed by atoms with E-state index in [1.165, 1.54) is 33.4 Å². The molecule has 0 fully saturated rings. The lowest BCUT2D eigenvalue weighted by molar-refractivity contribution is 0.597. The summed E-state index contributed by atoms with van der Waals surface area (Å²) in [5.74, 6) is 0.993. The Morgan fingerprint density at radius 3 is 1.74 bits per heavy atom. The minimum absolute atomic E-state index is 0.191. The van der Waals surface area contributed by atoms with E-state index in [0.717, 1.165) is 49.9 Å². The van der Waals surface area contributed by atoms with Crippen LogP contribution in [0.1, 0.15) is 45.1 Å². The molecule has 0 saturated carbocycles. The van der Waals surface area contributed by atoms with Crippen molar-refractivity contribution in [3.05, 3.63) is 179 Å². The molecule has 3 aliphatic carbocycles. The fraction of sp³-hybridized carbons (Fsp3) is 0.0500. The highest BCUT2D eigenvalue weighted by Gasteiger charge is 2.54. The standard InChI is InChI=1S/C40H24N2O/c1-2-12-24(13-3-1)38-30-23-36-29(25-14-7-11-21-35(25)43-36)22-34(30)41-39(42-38)40-31-18-8-4-15-26(31)37(27-16-5-9-19-32(27)40)28-17-6-10-20-33(28)40/h1-23,37H. The summed E-state index contributed by atoms with van der Waals surface area (Å²) in [6, 6.07) is 49.7. The van der Waals surface area contributed by atoms with Crippen LogP contribution in [0.25, 0.3) is 44.1 Å². The first-order valence-electron chi connectivity index (χ1n) is 14.8. The van der Waals surface area contributed by atoms with E-state index in [1.807, 2.05) is 12.1 Å². The molecule has 3 heteroatoms. The largest absolute Gasteiger partial charge is 0.456 e. The third kappa shape index (κ3) is 2.89. The average Bonchev–Trinajstić information content (AvgIpc) is 3.44. The van der Waals surface area contributed by atoms with Gasteiger partial charge in [0.15, 0.2) is 0 Å². The molecule has 0 aliphatic heterocycles. The molecule has 2 bridgehead atoms. The molecule has 0 atom stereocenters. The lowest BCUT2D eigenvalue weighted by Gasteiger charge is -2.49. The smallest absolute Gasteiger partial charge is 0.149 e. The second-order valence-electron chi connectivity index (χ2n) is 11.7. The minimum Gasteiger partial charge on any atom is -0.456 e. The monoisotopic (exact) mass is 548 g/mol. The Kier molecular flexibility index (Phi) is 4.44. The number of hydrogen-bond donors (Lipinski definition) is 0. The molecule has 11 rings (SSSR count). The lowest BCUT2D eigenvalue weighted by Crippen LogP contribution is -2.44. The zero-order chi connectivity index (χ0) is 28.1. The molecule has 8 aromatic rings. The van der Waals surface area contributed by atoms with Crippen LogP contribution in [-0.4, -0.2) is 9.97 Å². The summed E-state index contributed by atoms with van der Waals surface area (Å²) >= 11 is 0. The number of para-hydroxylation sites is 1. The second kappa shape index (κ2) is 8.27. The number of hydrogen-bond acceptors (Lipinski definition) is 3. The number of furan rings is 1. The molecule has 43 heavy (non-hydrogen) atoms. The Hall–Kier alpha value is -5.54. The maximum Gasteiger partial charge on any atom is 0.149 e. The van der Waals surface area contributed by atoms with Crippen molar-refractivity contribution < 1.29 is 4.42 Å². The maximum atomic E-state index is 6.33. The van der Waals surface area contributed by atoms with Gasteiger partial charge in [-0.05, 0) is 51.6 Å². The van der Waals surface area contributed by atoms with Gasteiger partial charge in [-0.15, -0.1) is 0 Å². The normalized spacial score (nSPS) is 18.1. The van der Waals surface area contributed by atoms with Crippen molar-refractivity contribution >= 4 is 32.8 Å². The van der Waals surface area contributed by atoms with Crippen LogP contribution < -0.4 is 0 Å². The predicted octanol–water partition coefficient (Wildman–Crippen LogP) is 9.39. The molecular formula is C40H24N2O. The zero-order valence-corrected chi connectivity index (χ0v) is 23.2. The molecule has 0 radical (unpaired) electrons. The fourth-order valence-electron chi connectivity index (χ4n) is 7.90. The van der Waals surface area contributed by atoms with E-state index in [0.29, 0.717) is 0 Å². The number of benzene rings is 6. The van der Waals surface area contributed by atoms with Crippen LogP contribution in [0.4, 0.5) is 0 Å². The predicted molar refractivity (Wildman–Crippen MR) is 172 cm³/mol. The number of fused-ring (bicyclic) bond motifs is 4. The Balaban J connectivity index is 1.40. The lowest BCUT2D eigenvalue weighted by atomic mass is 9.52. The van der Waals surface area contributed by atoms with Crippen molar-refractivity contribution in [2.75, 3.05) is 0 Å². The molecule has 2 aromatic heterocycles. The van der Waals surface area contributed by atoms with Gasteiger partial charge in [-0.2, -0.15) is 0 Å². The third-order valence-electron chi connectivity index (χ3n) is 9.60. The third-order valence-corrected chi connectivity index (χ3v) is 9.60. The Morgan fingerprint density at radius 1 is 0.488 bits per heavy atom. The van der Waals surface area contributed by atoms with Crippen molar-refractivity contribution in [1.29, 1.82) is 0 Å². The number of rotatable bonds is 2. The average molecular weight is 549 g/mol. The highest BCUT2D eigenvalue weighted by atomic mass is 16.3. The fourth-order valence-corrected chi connectivity index (χ4v) is 7.90. The summed E-state index contributed by atoms with van der Waals surface area (Å²) in [6.45, 7) is 0. The summed E-state index contributed by atoms with van der Waals surface area (Å²) in [7, 11) is 0. The summed E-state index contributed by atoms with van der Waals surface area (Å²) in [6.07, 6.45) is 0. The molecule has 3 aliphatic rings. The first-order valence-corrected chi connectivity index (χ1v) is 14.8. The SMILES string of the molecule is c1ccc(-c2nc(C34c5ccccc5C(c5ccccc53)c3ccccc34)nc3cc4c(cc23)oc2ccccc24)cc1. The second-order valence-corrected chi connectivity index (χ2v) is 11.7. The Morgan fingerprint density at radius 2 is 1.07 bits per heavy atom. The van der Waals surface area contributed by atoms with E-state index in [-0.39, 0.29) is 5.92 Å². The summed E-state index contributed by atoms with van der Waals surface area (Å²) in [5, 5.41) is 3.15. The van der Waals surface area contributed by atoms with Gasteiger partial charge in [-0.1, -0.05) is 121 Å². The molecule has 200 valence electrons. The van der Waals surface area contributed by atoms with Gasteiger partial charge in [0.25, 0.3) is 0 Å². The molecule has 3 nitrogen and oxygen atoms in total. The van der Waals surface area contributed by atoms with Crippen LogP contribution >= 0.6 is 0 Å². The Bertz CT molecular complexity index is 2300. The molecule has 0 saturated heterocycles. The van der Waals surface area contributed by atoms with Crippen LogP contribution in [0.5, 0.6) is 0 Å². The molecule has 0 unspecified atom stereocenters. The summed E-state index contributed by atoms with van der Waals surface area (Å²) < 4.78 is 6.33. The van der Waals surface area contributed by atoms with E-state index >= 15 is 0 Å². The van der Waals surface area contributed by atoms with Gasteiger partial charge in [0.05, 0.1) is 11.2 Å². The van der Waals surface area contributed by atoms with Gasteiger partial charge in [0.1, 0.15) is 22.4 Å². The number of aromatic nitrogens is 2. The molecule has 6 aromatic carbocycles. The van der Waals surface area contributed by atoms with E-state index in [9.17, 15) is 0 Å². The van der Waals surface area contributed by atoms with Crippen molar-refractivity contribution in [2.24, 2.45) is 0 Å². The van der Waals surface area contributed by atoms with Crippen molar-refractivity contribution in [3.63, 3.8) is 0 Å².